The van der Waals surface area contributed by atoms with Gasteiger partial charge in [0.05, 0.1) is 53.6 Å². The van der Waals surface area contributed by atoms with Crippen molar-refractivity contribution in [2.75, 3.05) is 24.6 Å². The predicted molar refractivity (Wildman–Crippen MR) is 169 cm³/mol. The molecule has 0 aliphatic carbocycles. The summed E-state index contributed by atoms with van der Waals surface area (Å²) in [5.41, 5.74) is 7.81. The molecule has 5 aromatic rings. The third-order valence-corrected chi connectivity index (χ3v) is 10.4. The Bertz CT molecular complexity index is 1810. The quantitative estimate of drug-likeness (QED) is 0.259. The number of ether oxygens (including phenoxy) is 1. The molecule has 3 aromatic heterocycles. The van der Waals surface area contributed by atoms with Crippen molar-refractivity contribution in [1.82, 2.24) is 24.5 Å². The van der Waals surface area contributed by atoms with Crippen molar-refractivity contribution in [3.05, 3.63) is 100 Å². The van der Waals surface area contributed by atoms with Crippen molar-refractivity contribution in [3.8, 4) is 0 Å². The highest BCUT2D eigenvalue weighted by atomic mass is 35.5. The number of piperidine rings is 1. The molecule has 7 rings (SSSR count). The Hall–Kier alpha value is -3.77. The highest BCUT2D eigenvalue weighted by molar-refractivity contribution is 7.99. The topological polar surface area (TPSA) is 125 Å². The summed E-state index contributed by atoms with van der Waals surface area (Å²) in [5, 5.41) is 1.33. The Morgan fingerprint density at radius 3 is 2.59 bits per heavy atom. The van der Waals surface area contributed by atoms with Gasteiger partial charge in [0, 0.05) is 35.9 Å². The summed E-state index contributed by atoms with van der Waals surface area (Å²) in [4.78, 5) is 35.2. The summed E-state index contributed by atoms with van der Waals surface area (Å²) < 4.78 is 13.0. The number of hydrogen-bond donors (Lipinski definition) is 1. The van der Waals surface area contributed by atoms with Gasteiger partial charge < -0.3 is 19.8 Å². The molecule has 12 heteroatoms. The molecule has 44 heavy (non-hydrogen) atoms. The number of rotatable bonds is 7. The second-order valence-corrected chi connectivity index (χ2v) is 13.0. The van der Waals surface area contributed by atoms with Crippen LogP contribution >= 0.6 is 23.4 Å². The van der Waals surface area contributed by atoms with Crippen molar-refractivity contribution in [2.45, 2.75) is 54.3 Å². The standard InChI is InChI=1S/C32H32ClN7O3S/c1-20-29(34)32(18-43-20)9-12-39(13-10-32)25-16-37-26(17-36-25)44-24-8-7-22-27(28(24)33)31(41)40(19-38-22)23(30-35-11-14-42-30)15-21-5-3-2-4-6-21/h2-8,11,14,16-17,19-20,23,29H,9-10,12-13,15,18,34H2,1H3/t20-,23?,29+/m0/s1. The fourth-order valence-electron chi connectivity index (χ4n) is 6.30. The van der Waals surface area contributed by atoms with E-state index in [-0.39, 0.29) is 23.1 Å². The van der Waals surface area contributed by atoms with E-state index in [1.165, 1.54) is 24.4 Å². The molecule has 2 saturated heterocycles. The SMILES string of the molecule is C[C@@H]1OCC2(CCN(c3cnc(Sc4ccc5ncn(C(Cc6ccccc6)c6ncco6)c(=O)c5c4Cl)cn3)CC2)[C@@H]1N. The molecule has 2 aromatic carbocycles. The molecule has 2 N–H and O–H groups in total. The number of aromatic nitrogens is 5. The van der Waals surface area contributed by atoms with Crippen molar-refractivity contribution < 1.29 is 9.15 Å². The number of oxazole rings is 1. The first kappa shape index (κ1) is 29.0. The second kappa shape index (κ2) is 12.0. The largest absolute Gasteiger partial charge is 0.447 e. The van der Waals surface area contributed by atoms with E-state index in [0.29, 0.717) is 38.2 Å². The molecular formula is C32H32ClN7O3S. The van der Waals surface area contributed by atoms with Crippen LogP contribution in [0.1, 0.15) is 37.3 Å². The monoisotopic (exact) mass is 629 g/mol. The summed E-state index contributed by atoms with van der Waals surface area (Å²) in [6.07, 6.45) is 10.7. The average molecular weight is 630 g/mol. The van der Waals surface area contributed by atoms with E-state index < -0.39 is 6.04 Å². The summed E-state index contributed by atoms with van der Waals surface area (Å²) >= 11 is 8.26. The molecule has 0 radical (unpaired) electrons. The van der Waals surface area contributed by atoms with Crippen LogP contribution in [0.4, 0.5) is 5.82 Å². The summed E-state index contributed by atoms with van der Waals surface area (Å²) in [5.74, 6) is 1.25. The fraction of sp³-hybridized carbons (Fsp3) is 0.344. The Labute approximate surface area is 263 Å². The third-order valence-electron chi connectivity index (χ3n) is 8.96. The van der Waals surface area contributed by atoms with Gasteiger partial charge in [-0.25, -0.2) is 19.9 Å². The molecule has 3 atom stereocenters. The summed E-state index contributed by atoms with van der Waals surface area (Å²) in [7, 11) is 0. The number of anilines is 1. The minimum absolute atomic E-state index is 0.0510. The van der Waals surface area contributed by atoms with Crippen LogP contribution in [0.5, 0.6) is 0 Å². The molecule has 2 aliphatic rings. The molecule has 226 valence electrons. The number of benzene rings is 2. The average Bonchev–Trinajstić information content (AvgIpc) is 3.68. The van der Waals surface area contributed by atoms with E-state index in [9.17, 15) is 4.79 Å². The lowest BCUT2D eigenvalue weighted by molar-refractivity contribution is 0.0974. The zero-order valence-corrected chi connectivity index (χ0v) is 25.7. The van der Waals surface area contributed by atoms with Crippen LogP contribution in [0.2, 0.25) is 5.02 Å². The zero-order chi connectivity index (χ0) is 30.3. The molecule has 0 saturated carbocycles. The molecule has 5 heterocycles. The van der Waals surface area contributed by atoms with Crippen molar-refractivity contribution in [1.29, 1.82) is 0 Å². The third kappa shape index (κ3) is 5.38. The first-order valence-corrected chi connectivity index (χ1v) is 15.9. The van der Waals surface area contributed by atoms with E-state index in [0.717, 1.165) is 43.9 Å². The molecular weight excluding hydrogens is 598 g/mol. The van der Waals surface area contributed by atoms with E-state index in [4.69, 9.17) is 31.5 Å². The number of nitrogens with zero attached hydrogens (tertiary/aromatic N) is 6. The number of nitrogens with two attached hydrogens (primary N) is 1. The van der Waals surface area contributed by atoms with Crippen LogP contribution in [-0.2, 0) is 11.2 Å². The van der Waals surface area contributed by atoms with Crippen molar-refractivity contribution >= 4 is 40.1 Å². The molecule has 0 amide bonds. The minimum atomic E-state index is -0.493. The van der Waals surface area contributed by atoms with E-state index in [2.05, 4.69) is 26.8 Å². The van der Waals surface area contributed by atoms with Crippen molar-refractivity contribution in [3.63, 3.8) is 0 Å². The van der Waals surface area contributed by atoms with Gasteiger partial charge in [-0.1, -0.05) is 53.7 Å². The molecule has 10 nitrogen and oxygen atoms in total. The maximum Gasteiger partial charge on any atom is 0.263 e. The van der Waals surface area contributed by atoms with Gasteiger partial charge in [-0.15, -0.1) is 0 Å². The van der Waals surface area contributed by atoms with Gasteiger partial charge in [0.25, 0.3) is 5.56 Å². The first-order chi connectivity index (χ1) is 21.4. The number of fused-ring (bicyclic) bond motifs is 1. The maximum absolute atomic E-state index is 13.9. The summed E-state index contributed by atoms with van der Waals surface area (Å²) in [6, 6.07) is 13.1. The highest BCUT2D eigenvalue weighted by Crippen LogP contribution is 2.42. The normalized spacial score (nSPS) is 20.4. The van der Waals surface area contributed by atoms with Gasteiger partial charge in [0.15, 0.2) is 0 Å². The van der Waals surface area contributed by atoms with Crippen LogP contribution in [0.3, 0.4) is 0 Å². The van der Waals surface area contributed by atoms with Gasteiger partial charge in [0.2, 0.25) is 5.89 Å². The number of hydrogen-bond acceptors (Lipinski definition) is 10. The van der Waals surface area contributed by atoms with Crippen LogP contribution in [-0.4, -0.2) is 56.3 Å². The van der Waals surface area contributed by atoms with Gasteiger partial charge in [-0.2, -0.15) is 0 Å². The zero-order valence-electron chi connectivity index (χ0n) is 24.2. The van der Waals surface area contributed by atoms with Crippen molar-refractivity contribution in [2.24, 2.45) is 11.1 Å². The Kier molecular flexibility index (Phi) is 7.88. The Morgan fingerprint density at radius 1 is 1.09 bits per heavy atom. The molecule has 2 aliphatic heterocycles. The van der Waals surface area contributed by atoms with E-state index in [1.807, 2.05) is 36.4 Å². The van der Waals surface area contributed by atoms with Crippen LogP contribution in [0, 0.1) is 5.41 Å². The first-order valence-electron chi connectivity index (χ1n) is 14.7. The molecule has 2 fully saturated rings. The van der Waals surface area contributed by atoms with Gasteiger partial charge in [0.1, 0.15) is 23.1 Å². The second-order valence-electron chi connectivity index (χ2n) is 11.5. The van der Waals surface area contributed by atoms with E-state index >= 15 is 0 Å². The predicted octanol–water partition coefficient (Wildman–Crippen LogP) is 5.14. The van der Waals surface area contributed by atoms with Gasteiger partial charge >= 0.3 is 0 Å². The smallest absolute Gasteiger partial charge is 0.263 e. The van der Waals surface area contributed by atoms with E-state index in [1.54, 1.807) is 29.2 Å². The number of halogens is 1. The summed E-state index contributed by atoms with van der Waals surface area (Å²) in [6.45, 7) is 4.51. The van der Waals surface area contributed by atoms with Gasteiger partial charge in [-0.05, 0) is 37.5 Å². The van der Waals surface area contributed by atoms with Gasteiger partial charge in [-0.3, -0.25) is 9.36 Å². The lowest BCUT2D eigenvalue weighted by Gasteiger charge is -2.41. The lowest BCUT2D eigenvalue weighted by atomic mass is 9.73. The van der Waals surface area contributed by atoms with Crippen LogP contribution in [0.15, 0.2) is 92.8 Å². The van der Waals surface area contributed by atoms with Crippen LogP contribution < -0.4 is 16.2 Å². The Balaban J connectivity index is 1.12. The fourth-order valence-corrected chi connectivity index (χ4v) is 7.42. The molecule has 0 bridgehead atoms. The molecule has 1 unspecified atom stereocenters. The molecule has 1 spiro atoms. The van der Waals surface area contributed by atoms with Crippen LogP contribution in [0.25, 0.3) is 10.9 Å². The Morgan fingerprint density at radius 2 is 1.91 bits per heavy atom. The minimum Gasteiger partial charge on any atom is -0.447 e. The maximum atomic E-state index is 13.9. The highest BCUT2D eigenvalue weighted by Gasteiger charge is 2.47. The lowest BCUT2D eigenvalue weighted by Crippen LogP contribution is -2.50.